The Labute approximate surface area is 93.1 Å². The summed E-state index contributed by atoms with van der Waals surface area (Å²) in [6.45, 7) is 0. The van der Waals surface area contributed by atoms with Gasteiger partial charge in [0.15, 0.2) is 0 Å². The molecule has 1 aromatic carbocycles. The first kappa shape index (κ1) is 12.8. The van der Waals surface area contributed by atoms with Crippen LogP contribution in [0.2, 0.25) is 0 Å². The maximum absolute atomic E-state index is 12.0. The van der Waals surface area contributed by atoms with Crippen LogP contribution in [0.3, 0.4) is 0 Å². The van der Waals surface area contributed by atoms with Gasteiger partial charge in [-0.25, -0.2) is 0 Å². The van der Waals surface area contributed by atoms with Crippen molar-refractivity contribution in [2.75, 3.05) is 0 Å². The molecule has 5 nitrogen and oxygen atoms in total. The van der Waals surface area contributed by atoms with Gasteiger partial charge in [0, 0.05) is 5.56 Å². The molecule has 1 aromatic rings. The van der Waals surface area contributed by atoms with Gasteiger partial charge in [-0.05, 0) is 18.2 Å². The van der Waals surface area contributed by atoms with E-state index in [0.717, 1.165) is 12.1 Å². The summed E-state index contributed by atoms with van der Waals surface area (Å²) in [5, 5.41) is 0. The highest BCUT2D eigenvalue weighted by Gasteiger charge is 2.33. The monoisotopic (exact) mass is 248 g/mol. The van der Waals surface area contributed by atoms with Gasteiger partial charge in [0.2, 0.25) is 5.91 Å². The van der Waals surface area contributed by atoms with E-state index < -0.39 is 29.5 Å². The fourth-order valence-electron chi connectivity index (χ4n) is 1.09. The van der Waals surface area contributed by atoms with Crippen molar-refractivity contribution in [3.63, 3.8) is 0 Å². The fraction of sp³-hybridized carbons (Fsp3) is 0.111. The molecule has 17 heavy (non-hydrogen) atoms. The molecule has 0 saturated heterocycles. The maximum Gasteiger partial charge on any atom is 0.573 e. The summed E-state index contributed by atoms with van der Waals surface area (Å²) >= 11 is 0. The van der Waals surface area contributed by atoms with E-state index >= 15 is 0 Å². The lowest BCUT2D eigenvalue weighted by atomic mass is 10.1. The van der Waals surface area contributed by atoms with E-state index in [9.17, 15) is 22.8 Å². The van der Waals surface area contributed by atoms with E-state index in [2.05, 4.69) is 4.74 Å². The normalized spacial score (nSPS) is 11.0. The highest BCUT2D eigenvalue weighted by atomic mass is 19.4. The van der Waals surface area contributed by atoms with Gasteiger partial charge >= 0.3 is 6.36 Å². The summed E-state index contributed by atoms with van der Waals surface area (Å²) in [7, 11) is 0. The van der Waals surface area contributed by atoms with Gasteiger partial charge in [-0.3, -0.25) is 9.59 Å². The molecule has 0 aliphatic carbocycles. The molecule has 0 aliphatic heterocycles. The Balaban J connectivity index is 3.25. The third kappa shape index (κ3) is 3.37. The Hall–Kier alpha value is -2.25. The van der Waals surface area contributed by atoms with E-state index in [1.807, 2.05) is 0 Å². The summed E-state index contributed by atoms with van der Waals surface area (Å²) in [5.74, 6) is -2.92. The minimum Gasteiger partial charge on any atom is -0.405 e. The molecule has 0 heterocycles. The van der Waals surface area contributed by atoms with Gasteiger partial charge in [0.25, 0.3) is 5.91 Å². The number of carbonyl (C=O) groups excluding carboxylic acids is 2. The van der Waals surface area contributed by atoms with Gasteiger partial charge in [-0.15, -0.1) is 13.2 Å². The second-order valence-electron chi connectivity index (χ2n) is 2.99. The first-order valence-corrected chi connectivity index (χ1v) is 4.20. The summed E-state index contributed by atoms with van der Waals surface area (Å²) in [4.78, 5) is 21.6. The van der Waals surface area contributed by atoms with Crippen molar-refractivity contribution >= 4 is 11.8 Å². The number of alkyl halides is 3. The lowest BCUT2D eigenvalue weighted by molar-refractivity contribution is -0.274. The third-order valence-corrected chi connectivity index (χ3v) is 1.76. The average molecular weight is 248 g/mol. The molecule has 0 aromatic heterocycles. The Morgan fingerprint density at radius 3 is 2.12 bits per heavy atom. The van der Waals surface area contributed by atoms with Gasteiger partial charge in [-0.1, -0.05) is 0 Å². The zero-order valence-electron chi connectivity index (χ0n) is 8.25. The van der Waals surface area contributed by atoms with Crippen LogP contribution in [-0.2, 0) is 0 Å². The fourth-order valence-corrected chi connectivity index (χ4v) is 1.09. The number of ether oxygens (including phenoxy) is 1. The molecule has 0 spiro atoms. The van der Waals surface area contributed by atoms with Gasteiger partial charge in [0.05, 0.1) is 5.56 Å². The van der Waals surface area contributed by atoms with E-state index in [4.69, 9.17) is 11.5 Å². The average Bonchev–Trinajstić information content (AvgIpc) is 2.14. The van der Waals surface area contributed by atoms with Crippen LogP contribution in [0.15, 0.2) is 18.2 Å². The summed E-state index contributed by atoms with van der Waals surface area (Å²) in [6, 6.07) is 2.71. The number of benzene rings is 1. The zero-order chi connectivity index (χ0) is 13.2. The Morgan fingerprint density at radius 2 is 1.71 bits per heavy atom. The number of nitrogens with two attached hydrogens (primary N) is 2. The van der Waals surface area contributed by atoms with Crippen LogP contribution in [0.5, 0.6) is 5.75 Å². The minimum atomic E-state index is -5.00. The SMILES string of the molecule is NC(=O)c1ccc(C(N)=O)c(OC(F)(F)F)c1. The number of rotatable bonds is 3. The molecule has 4 N–H and O–H groups in total. The highest BCUT2D eigenvalue weighted by Crippen LogP contribution is 2.27. The van der Waals surface area contributed by atoms with E-state index in [1.165, 1.54) is 0 Å². The molecule has 0 atom stereocenters. The maximum atomic E-state index is 12.0. The second-order valence-corrected chi connectivity index (χ2v) is 2.99. The smallest absolute Gasteiger partial charge is 0.405 e. The molecular formula is C9H7F3N2O3. The number of carbonyl (C=O) groups is 2. The van der Waals surface area contributed by atoms with Crippen molar-refractivity contribution in [3.05, 3.63) is 29.3 Å². The third-order valence-electron chi connectivity index (χ3n) is 1.76. The molecule has 0 unspecified atom stereocenters. The summed E-state index contributed by atoms with van der Waals surface area (Å²) in [6.07, 6.45) is -5.00. The second kappa shape index (κ2) is 4.32. The van der Waals surface area contributed by atoms with Crippen molar-refractivity contribution < 1.29 is 27.5 Å². The molecule has 0 saturated carbocycles. The number of halogens is 3. The molecule has 1 rings (SSSR count). The summed E-state index contributed by atoms with van der Waals surface area (Å²) in [5.41, 5.74) is 9.02. The van der Waals surface area contributed by atoms with Gasteiger partial charge < -0.3 is 16.2 Å². The number of hydrogen-bond acceptors (Lipinski definition) is 3. The van der Waals surface area contributed by atoms with Gasteiger partial charge in [-0.2, -0.15) is 0 Å². The lowest BCUT2D eigenvalue weighted by Crippen LogP contribution is -2.22. The molecule has 2 amide bonds. The van der Waals surface area contributed by atoms with Crippen molar-refractivity contribution in [3.8, 4) is 5.75 Å². The van der Waals surface area contributed by atoms with Crippen LogP contribution in [0.25, 0.3) is 0 Å². The first-order chi connectivity index (χ1) is 7.70. The van der Waals surface area contributed by atoms with E-state index in [1.54, 1.807) is 0 Å². The minimum absolute atomic E-state index is 0.228. The summed E-state index contributed by atoms with van der Waals surface area (Å²) < 4.78 is 39.7. The molecule has 92 valence electrons. The highest BCUT2D eigenvalue weighted by molar-refractivity contribution is 5.99. The van der Waals surface area contributed by atoms with Crippen LogP contribution in [0, 0.1) is 0 Å². The number of amides is 2. The zero-order valence-corrected chi connectivity index (χ0v) is 8.25. The van der Waals surface area contributed by atoms with Gasteiger partial charge in [0.1, 0.15) is 5.75 Å². The Kier molecular flexibility index (Phi) is 3.26. The molecular weight excluding hydrogens is 241 g/mol. The molecule has 0 aliphatic rings. The molecule has 8 heteroatoms. The van der Waals surface area contributed by atoms with Crippen LogP contribution in [0.1, 0.15) is 20.7 Å². The predicted molar refractivity (Wildman–Crippen MR) is 50.2 cm³/mol. The first-order valence-electron chi connectivity index (χ1n) is 4.20. The van der Waals surface area contributed by atoms with E-state index in [0.29, 0.717) is 6.07 Å². The topological polar surface area (TPSA) is 95.4 Å². The molecule has 0 bridgehead atoms. The van der Waals surface area contributed by atoms with Crippen LogP contribution >= 0.6 is 0 Å². The van der Waals surface area contributed by atoms with Crippen LogP contribution < -0.4 is 16.2 Å². The largest absolute Gasteiger partial charge is 0.573 e. The van der Waals surface area contributed by atoms with Crippen molar-refractivity contribution in [1.82, 2.24) is 0 Å². The molecule has 0 fully saturated rings. The van der Waals surface area contributed by atoms with Crippen molar-refractivity contribution in [2.24, 2.45) is 11.5 Å². The number of primary amides is 2. The molecule has 0 radical (unpaired) electrons. The van der Waals surface area contributed by atoms with Crippen molar-refractivity contribution in [2.45, 2.75) is 6.36 Å². The standard InChI is InChI=1S/C9H7F3N2O3/c10-9(11,12)17-6-3-4(7(13)15)1-2-5(6)8(14)16/h1-3H,(H2,13,15)(H2,14,16). The quantitative estimate of drug-likeness (QED) is 0.827. The van der Waals surface area contributed by atoms with E-state index in [-0.39, 0.29) is 5.56 Å². The predicted octanol–water partition coefficient (Wildman–Crippen LogP) is 0.783. The van der Waals surface area contributed by atoms with Crippen LogP contribution in [0.4, 0.5) is 13.2 Å². The Bertz CT molecular complexity index is 471. The lowest BCUT2D eigenvalue weighted by Gasteiger charge is -2.12. The Morgan fingerprint density at radius 1 is 1.12 bits per heavy atom. The number of hydrogen-bond donors (Lipinski definition) is 2. The van der Waals surface area contributed by atoms with Crippen molar-refractivity contribution in [1.29, 1.82) is 0 Å². The van der Waals surface area contributed by atoms with Crippen LogP contribution in [-0.4, -0.2) is 18.2 Å².